The second-order valence-electron chi connectivity index (χ2n) is 3.14. The first-order valence-corrected chi connectivity index (χ1v) is 4.47. The van der Waals surface area contributed by atoms with Crippen molar-refractivity contribution in [1.82, 2.24) is 5.43 Å². The molecule has 5 heteroatoms. The first-order chi connectivity index (χ1) is 7.20. The van der Waals surface area contributed by atoms with Gasteiger partial charge in [0.1, 0.15) is 12.2 Å². The minimum atomic E-state index is -0.282. The molecule has 2 rings (SSSR count). The monoisotopic (exact) mass is 206 g/mol. The normalized spacial score (nSPS) is 15.4. The molecular weight excluding hydrogens is 196 g/mol. The Morgan fingerprint density at radius 2 is 1.93 bits per heavy atom. The highest BCUT2D eigenvalue weighted by atomic mass is 16.5. The van der Waals surface area contributed by atoms with Gasteiger partial charge in [-0.25, -0.2) is 5.01 Å². The smallest absolute Gasteiger partial charge is 0.255 e. The van der Waals surface area contributed by atoms with Gasteiger partial charge in [0, 0.05) is 0 Å². The average molecular weight is 206 g/mol. The summed E-state index contributed by atoms with van der Waals surface area (Å²) in [5, 5.41) is 1.24. The largest absolute Gasteiger partial charge is 0.497 e. The summed E-state index contributed by atoms with van der Waals surface area (Å²) in [6, 6.07) is 6.88. The van der Waals surface area contributed by atoms with Gasteiger partial charge in [0.15, 0.2) is 0 Å². The summed E-state index contributed by atoms with van der Waals surface area (Å²) in [5.74, 6) is 0.178. The lowest BCUT2D eigenvalue weighted by Gasteiger charge is -2.15. The minimum absolute atomic E-state index is 0.0912. The topological polar surface area (TPSA) is 58.6 Å². The van der Waals surface area contributed by atoms with Gasteiger partial charge >= 0.3 is 0 Å². The number of nitrogens with zero attached hydrogens (tertiary/aromatic N) is 1. The standard InChI is InChI=1S/C10H10N2O3/c1-15-8-4-2-7(3-5-8)12-10(14)6-9(13)11-12/h2-5H,6H2,1H3,(H,11,13). The molecule has 1 fully saturated rings. The first-order valence-electron chi connectivity index (χ1n) is 4.47. The highest BCUT2D eigenvalue weighted by Crippen LogP contribution is 2.20. The van der Waals surface area contributed by atoms with E-state index in [4.69, 9.17) is 4.74 Å². The van der Waals surface area contributed by atoms with Crippen molar-refractivity contribution in [3.8, 4) is 5.75 Å². The number of rotatable bonds is 2. The molecule has 1 aromatic rings. The number of nitrogens with one attached hydrogen (secondary N) is 1. The van der Waals surface area contributed by atoms with Crippen molar-refractivity contribution < 1.29 is 14.3 Å². The van der Waals surface area contributed by atoms with Gasteiger partial charge < -0.3 is 4.74 Å². The van der Waals surface area contributed by atoms with E-state index in [0.29, 0.717) is 11.4 Å². The van der Waals surface area contributed by atoms with Crippen molar-refractivity contribution in [1.29, 1.82) is 0 Å². The highest BCUT2D eigenvalue weighted by Gasteiger charge is 2.27. The number of ether oxygens (including phenoxy) is 1. The van der Waals surface area contributed by atoms with Gasteiger partial charge in [-0.3, -0.25) is 15.0 Å². The molecule has 0 spiro atoms. The van der Waals surface area contributed by atoms with E-state index < -0.39 is 0 Å². The van der Waals surface area contributed by atoms with Crippen LogP contribution in [-0.4, -0.2) is 18.9 Å². The first kappa shape index (κ1) is 9.51. The van der Waals surface area contributed by atoms with E-state index in [-0.39, 0.29) is 18.2 Å². The molecule has 1 heterocycles. The fourth-order valence-electron chi connectivity index (χ4n) is 1.38. The molecule has 0 bridgehead atoms. The van der Waals surface area contributed by atoms with Crippen LogP contribution in [0.5, 0.6) is 5.75 Å². The Labute approximate surface area is 86.6 Å². The van der Waals surface area contributed by atoms with Crippen molar-refractivity contribution in [3.63, 3.8) is 0 Å². The van der Waals surface area contributed by atoms with Gasteiger partial charge in [-0.2, -0.15) is 0 Å². The molecule has 78 valence electrons. The molecule has 1 saturated heterocycles. The predicted molar refractivity (Wildman–Crippen MR) is 53.2 cm³/mol. The SMILES string of the molecule is COc1ccc(N2NC(=O)CC2=O)cc1. The van der Waals surface area contributed by atoms with Crippen LogP contribution in [0.1, 0.15) is 6.42 Å². The molecule has 15 heavy (non-hydrogen) atoms. The Morgan fingerprint density at radius 3 is 2.40 bits per heavy atom. The molecule has 1 N–H and O–H groups in total. The van der Waals surface area contributed by atoms with Crippen molar-refractivity contribution >= 4 is 17.5 Å². The van der Waals surface area contributed by atoms with Crippen LogP contribution in [0.4, 0.5) is 5.69 Å². The number of methoxy groups -OCH3 is 1. The maximum absolute atomic E-state index is 11.4. The van der Waals surface area contributed by atoms with E-state index in [9.17, 15) is 9.59 Å². The molecule has 0 aromatic heterocycles. The zero-order valence-corrected chi connectivity index (χ0v) is 8.19. The van der Waals surface area contributed by atoms with Crippen molar-refractivity contribution in [3.05, 3.63) is 24.3 Å². The highest BCUT2D eigenvalue weighted by molar-refractivity contribution is 6.11. The number of carbonyl (C=O) groups excluding carboxylic acids is 2. The van der Waals surface area contributed by atoms with E-state index in [1.165, 1.54) is 5.01 Å². The third kappa shape index (κ3) is 1.76. The molecular formula is C10H10N2O3. The van der Waals surface area contributed by atoms with Crippen molar-refractivity contribution in [2.24, 2.45) is 0 Å². The number of hydrogen-bond donors (Lipinski definition) is 1. The van der Waals surface area contributed by atoms with Crippen LogP contribution in [0.3, 0.4) is 0 Å². The molecule has 5 nitrogen and oxygen atoms in total. The number of anilines is 1. The number of benzene rings is 1. The second kappa shape index (κ2) is 3.61. The van der Waals surface area contributed by atoms with E-state index in [1.54, 1.807) is 31.4 Å². The second-order valence-corrected chi connectivity index (χ2v) is 3.14. The zero-order chi connectivity index (χ0) is 10.8. The molecule has 2 amide bonds. The maximum atomic E-state index is 11.4. The third-order valence-electron chi connectivity index (χ3n) is 2.13. The molecule has 0 saturated carbocycles. The Bertz CT molecular complexity index is 400. The van der Waals surface area contributed by atoms with Crippen LogP contribution in [0.15, 0.2) is 24.3 Å². The number of carbonyl (C=O) groups is 2. The molecule has 0 aliphatic carbocycles. The summed E-state index contributed by atoms with van der Waals surface area (Å²) >= 11 is 0. The Kier molecular flexibility index (Phi) is 2.29. The summed E-state index contributed by atoms with van der Waals surface area (Å²) in [6.45, 7) is 0. The maximum Gasteiger partial charge on any atom is 0.255 e. The van der Waals surface area contributed by atoms with Crippen LogP contribution in [-0.2, 0) is 9.59 Å². The van der Waals surface area contributed by atoms with Crippen LogP contribution in [0, 0.1) is 0 Å². The fourth-order valence-corrected chi connectivity index (χ4v) is 1.38. The van der Waals surface area contributed by atoms with Gasteiger partial charge in [0.2, 0.25) is 5.91 Å². The van der Waals surface area contributed by atoms with Crippen LogP contribution in [0.25, 0.3) is 0 Å². The van der Waals surface area contributed by atoms with E-state index in [1.807, 2.05) is 0 Å². The van der Waals surface area contributed by atoms with Gasteiger partial charge in [-0.15, -0.1) is 0 Å². The summed E-state index contributed by atoms with van der Waals surface area (Å²) in [7, 11) is 1.57. The molecule has 1 aromatic carbocycles. The van der Waals surface area contributed by atoms with Gasteiger partial charge in [-0.1, -0.05) is 0 Å². The average Bonchev–Trinajstić information content (AvgIpc) is 2.58. The minimum Gasteiger partial charge on any atom is -0.497 e. The molecule has 0 radical (unpaired) electrons. The predicted octanol–water partition coefficient (Wildman–Crippen LogP) is 0.463. The fraction of sp³-hybridized carbons (Fsp3) is 0.200. The number of hydrazine groups is 1. The summed E-state index contributed by atoms with van der Waals surface area (Å²) in [4.78, 5) is 22.3. The van der Waals surface area contributed by atoms with Crippen molar-refractivity contribution in [2.45, 2.75) is 6.42 Å². The summed E-state index contributed by atoms with van der Waals surface area (Å²) < 4.78 is 4.99. The van der Waals surface area contributed by atoms with Crippen molar-refractivity contribution in [2.75, 3.05) is 12.1 Å². The Hall–Kier alpha value is -2.04. The Balaban J connectivity index is 2.22. The van der Waals surface area contributed by atoms with E-state index >= 15 is 0 Å². The van der Waals surface area contributed by atoms with Crippen LogP contribution in [0.2, 0.25) is 0 Å². The molecule has 1 aliphatic heterocycles. The van der Waals surface area contributed by atoms with Gasteiger partial charge in [-0.05, 0) is 24.3 Å². The zero-order valence-electron chi connectivity index (χ0n) is 8.19. The lowest BCUT2D eigenvalue weighted by atomic mass is 10.3. The summed E-state index contributed by atoms with van der Waals surface area (Å²) in [5.41, 5.74) is 3.09. The van der Waals surface area contributed by atoms with E-state index in [2.05, 4.69) is 5.43 Å². The van der Waals surface area contributed by atoms with Gasteiger partial charge in [0.25, 0.3) is 5.91 Å². The quantitative estimate of drug-likeness (QED) is 0.715. The molecule has 0 unspecified atom stereocenters. The summed E-state index contributed by atoms with van der Waals surface area (Å²) in [6.07, 6.45) is -0.0912. The molecule has 0 atom stereocenters. The molecule has 1 aliphatic rings. The van der Waals surface area contributed by atoms with Gasteiger partial charge in [0.05, 0.1) is 12.8 Å². The Morgan fingerprint density at radius 1 is 1.27 bits per heavy atom. The third-order valence-corrected chi connectivity index (χ3v) is 2.13. The van der Waals surface area contributed by atoms with E-state index in [0.717, 1.165) is 0 Å². The lowest BCUT2D eigenvalue weighted by molar-refractivity contribution is -0.122. The van der Waals surface area contributed by atoms with Crippen LogP contribution < -0.4 is 15.2 Å². The van der Waals surface area contributed by atoms with Crippen LogP contribution >= 0.6 is 0 Å². The number of hydrogen-bond acceptors (Lipinski definition) is 3. The number of amides is 2. The lowest BCUT2D eigenvalue weighted by Crippen LogP contribution is -2.35.